The fraction of sp³-hybridized carbons (Fsp3) is 0.379. The first-order chi connectivity index (χ1) is 16.9. The highest BCUT2D eigenvalue weighted by Crippen LogP contribution is 2.41. The first-order valence-electron chi connectivity index (χ1n) is 12.4. The molecule has 5 rings (SSSR count). The molecule has 1 aliphatic heterocycles. The van der Waals surface area contributed by atoms with Crippen LogP contribution in [0.25, 0.3) is 0 Å². The number of nitrogens with zero attached hydrogens (tertiary/aromatic N) is 1. The highest BCUT2D eigenvalue weighted by atomic mass is 19.1. The second-order valence-corrected chi connectivity index (χ2v) is 10.3. The largest absolute Gasteiger partial charge is 0.316 e. The summed E-state index contributed by atoms with van der Waals surface area (Å²) < 4.78 is 56.5. The molecule has 3 aromatic carbocycles. The van der Waals surface area contributed by atoms with Gasteiger partial charge in [0.1, 0.15) is 36.4 Å². The predicted octanol–water partition coefficient (Wildman–Crippen LogP) is 6.32. The minimum absolute atomic E-state index is 0.349. The molecule has 0 bridgehead atoms. The Morgan fingerprint density at radius 2 is 1.31 bits per heavy atom. The Balaban J connectivity index is 1.24. The lowest BCUT2D eigenvalue weighted by atomic mass is 9.93. The highest BCUT2D eigenvalue weighted by Gasteiger charge is 2.40. The van der Waals surface area contributed by atoms with Crippen LogP contribution in [0.15, 0.2) is 66.7 Å². The number of rotatable bonds is 8. The van der Waals surface area contributed by atoms with Crippen molar-refractivity contribution in [2.45, 2.75) is 44.3 Å². The molecule has 1 N–H and O–H groups in total. The fourth-order valence-electron chi connectivity index (χ4n) is 5.58. The molecule has 1 saturated carbocycles. The minimum atomic E-state index is -0.610. The smallest absolute Gasteiger partial charge is 0.134 e. The van der Waals surface area contributed by atoms with Crippen LogP contribution in [0, 0.1) is 29.2 Å². The maximum Gasteiger partial charge on any atom is 0.134 e. The summed E-state index contributed by atoms with van der Waals surface area (Å²) in [4.78, 5) is 0. The van der Waals surface area contributed by atoms with Crippen molar-refractivity contribution in [1.82, 2.24) is 5.32 Å². The van der Waals surface area contributed by atoms with Gasteiger partial charge in [-0.1, -0.05) is 30.3 Å². The van der Waals surface area contributed by atoms with Crippen molar-refractivity contribution < 1.29 is 22.0 Å². The van der Waals surface area contributed by atoms with E-state index >= 15 is 0 Å². The van der Waals surface area contributed by atoms with Crippen LogP contribution in [-0.2, 0) is 13.1 Å². The van der Waals surface area contributed by atoms with Crippen LogP contribution in [0.1, 0.15) is 41.9 Å². The Morgan fingerprint density at radius 1 is 0.743 bits per heavy atom. The molecule has 1 aliphatic carbocycles. The summed E-state index contributed by atoms with van der Waals surface area (Å²) in [5.41, 5.74) is 2.23. The molecule has 0 spiro atoms. The summed E-state index contributed by atoms with van der Waals surface area (Å²) >= 11 is 0. The number of hydrogen-bond acceptors (Lipinski definition) is 1. The molecule has 1 heterocycles. The first-order valence-corrected chi connectivity index (χ1v) is 12.4. The SMILES string of the molecule is Fc1ccc(C[N+]2(Cc3ccc(F)cc3F)CCC(CN[C@@H]3C[C@H]3c3ccccc3)CC2)c(F)c1. The summed E-state index contributed by atoms with van der Waals surface area (Å²) in [6.45, 7) is 3.15. The number of quaternary nitrogens is 1. The lowest BCUT2D eigenvalue weighted by Crippen LogP contribution is -2.53. The average molecular weight is 484 g/mol. The summed E-state index contributed by atoms with van der Waals surface area (Å²) in [7, 11) is 0. The van der Waals surface area contributed by atoms with Crippen molar-refractivity contribution in [1.29, 1.82) is 0 Å². The Kier molecular flexibility index (Phi) is 6.94. The van der Waals surface area contributed by atoms with Crippen molar-refractivity contribution in [3.05, 3.63) is 107 Å². The molecule has 1 saturated heterocycles. The van der Waals surface area contributed by atoms with Gasteiger partial charge in [-0.25, -0.2) is 17.6 Å². The van der Waals surface area contributed by atoms with Gasteiger partial charge in [0, 0.05) is 48.1 Å². The lowest BCUT2D eigenvalue weighted by molar-refractivity contribution is -0.958. The van der Waals surface area contributed by atoms with E-state index < -0.39 is 23.3 Å². The minimum Gasteiger partial charge on any atom is -0.316 e. The standard InChI is InChI=1S/C29H31F4N2/c30-24-8-6-22(27(32)14-24)18-35(19-23-7-9-25(31)15-28(23)33)12-10-20(11-13-35)17-34-29-16-26(29)21-4-2-1-3-5-21/h1-9,14-15,20,26,29,34H,10-13,16-19H2/q+1/t26-,29+/m0/s1. The van der Waals surface area contributed by atoms with Gasteiger partial charge >= 0.3 is 0 Å². The fourth-order valence-corrected chi connectivity index (χ4v) is 5.58. The molecule has 3 aromatic rings. The maximum absolute atomic E-state index is 14.5. The molecule has 0 aromatic heterocycles. The average Bonchev–Trinajstić information content (AvgIpc) is 3.63. The summed E-state index contributed by atoms with van der Waals surface area (Å²) in [6.07, 6.45) is 3.02. The zero-order valence-electron chi connectivity index (χ0n) is 19.7. The lowest BCUT2D eigenvalue weighted by Gasteiger charge is -2.44. The molecule has 0 unspecified atom stereocenters. The molecular weight excluding hydrogens is 452 g/mol. The number of hydrogen-bond donors (Lipinski definition) is 1. The topological polar surface area (TPSA) is 12.0 Å². The van der Waals surface area contributed by atoms with E-state index in [9.17, 15) is 17.6 Å². The van der Waals surface area contributed by atoms with Crippen LogP contribution in [0.3, 0.4) is 0 Å². The molecule has 35 heavy (non-hydrogen) atoms. The normalized spacial score (nSPS) is 21.7. The van der Waals surface area contributed by atoms with Crippen molar-refractivity contribution in [2.24, 2.45) is 5.92 Å². The molecular formula is C29H31F4N2+. The molecule has 0 amide bonds. The Labute approximate surface area is 204 Å². The predicted molar refractivity (Wildman–Crippen MR) is 128 cm³/mol. The number of halogens is 4. The van der Waals surface area contributed by atoms with Crippen LogP contribution in [0.5, 0.6) is 0 Å². The van der Waals surface area contributed by atoms with Gasteiger partial charge in [0.25, 0.3) is 0 Å². The van der Waals surface area contributed by atoms with Crippen molar-refractivity contribution in [3.63, 3.8) is 0 Å². The van der Waals surface area contributed by atoms with Crippen molar-refractivity contribution >= 4 is 0 Å². The van der Waals surface area contributed by atoms with Crippen LogP contribution >= 0.6 is 0 Å². The highest BCUT2D eigenvalue weighted by molar-refractivity contribution is 5.27. The molecule has 6 heteroatoms. The van der Waals surface area contributed by atoms with Crippen LogP contribution < -0.4 is 5.32 Å². The molecule has 0 radical (unpaired) electrons. The van der Waals surface area contributed by atoms with Gasteiger partial charge in [-0.05, 0) is 48.7 Å². The monoisotopic (exact) mass is 483 g/mol. The molecule has 184 valence electrons. The van der Waals surface area contributed by atoms with Crippen molar-refractivity contribution in [2.75, 3.05) is 19.6 Å². The Morgan fingerprint density at radius 3 is 1.86 bits per heavy atom. The van der Waals surface area contributed by atoms with Gasteiger partial charge < -0.3 is 9.80 Å². The van der Waals surface area contributed by atoms with Crippen LogP contribution in [-0.4, -0.2) is 30.2 Å². The summed E-state index contributed by atoms with van der Waals surface area (Å²) in [6, 6.07) is 18.4. The zero-order chi connectivity index (χ0) is 24.4. The third-order valence-corrected chi connectivity index (χ3v) is 7.75. The van der Waals surface area contributed by atoms with Gasteiger partial charge in [0.05, 0.1) is 13.1 Å². The Hall–Kier alpha value is -2.70. The number of nitrogens with one attached hydrogen (secondary N) is 1. The quantitative estimate of drug-likeness (QED) is 0.292. The van der Waals surface area contributed by atoms with Gasteiger partial charge in [-0.15, -0.1) is 0 Å². The van der Waals surface area contributed by atoms with Crippen molar-refractivity contribution in [3.8, 4) is 0 Å². The van der Waals surface area contributed by atoms with Gasteiger partial charge in [0.15, 0.2) is 0 Å². The molecule has 2 fully saturated rings. The van der Waals surface area contributed by atoms with E-state index in [1.807, 2.05) is 6.07 Å². The third-order valence-electron chi connectivity index (χ3n) is 7.75. The molecule has 2 nitrogen and oxygen atoms in total. The molecule has 2 aliphatic rings. The molecule has 2 atom stereocenters. The van der Waals surface area contributed by atoms with Gasteiger partial charge in [0.2, 0.25) is 0 Å². The van der Waals surface area contributed by atoms with E-state index in [4.69, 9.17) is 0 Å². The van der Waals surface area contributed by atoms with E-state index in [-0.39, 0.29) is 0 Å². The Bertz CT molecular complexity index is 1100. The summed E-state index contributed by atoms with van der Waals surface area (Å²) in [5, 5.41) is 3.72. The van der Waals surface area contributed by atoms with E-state index in [0.717, 1.165) is 51.0 Å². The second kappa shape index (κ2) is 10.1. The van der Waals surface area contributed by atoms with Crippen LogP contribution in [0.4, 0.5) is 17.6 Å². The van der Waals surface area contributed by atoms with E-state index in [1.165, 1.54) is 29.8 Å². The van der Waals surface area contributed by atoms with E-state index in [2.05, 4.69) is 29.6 Å². The second-order valence-electron chi connectivity index (χ2n) is 10.3. The number of benzene rings is 3. The van der Waals surface area contributed by atoms with E-state index in [0.29, 0.717) is 46.6 Å². The summed E-state index contributed by atoms with van der Waals surface area (Å²) in [5.74, 6) is -1.30. The number of likely N-dealkylation sites (tertiary alicyclic amines) is 1. The van der Waals surface area contributed by atoms with Crippen LogP contribution in [0.2, 0.25) is 0 Å². The van der Waals surface area contributed by atoms with E-state index in [1.54, 1.807) is 0 Å². The van der Waals surface area contributed by atoms with Gasteiger partial charge in [-0.3, -0.25) is 0 Å². The third kappa shape index (κ3) is 5.76. The van der Waals surface area contributed by atoms with Gasteiger partial charge in [-0.2, -0.15) is 0 Å². The maximum atomic E-state index is 14.5. The first kappa shape index (κ1) is 24.0. The zero-order valence-corrected chi connectivity index (χ0v) is 19.7. The number of piperidine rings is 1.